The molecule has 1 aromatic heterocycles. The summed E-state index contributed by atoms with van der Waals surface area (Å²) in [6.45, 7) is 9.25. The van der Waals surface area contributed by atoms with Crippen LogP contribution in [-0.4, -0.2) is 54.0 Å². The zero-order valence-corrected chi connectivity index (χ0v) is 18.5. The second kappa shape index (κ2) is 11.7. The van der Waals surface area contributed by atoms with E-state index in [1.165, 1.54) is 5.01 Å². The number of carbonyl (C=O) groups is 1. The fourth-order valence-electron chi connectivity index (χ4n) is 2.75. The van der Waals surface area contributed by atoms with Crippen molar-refractivity contribution >= 4 is 47.2 Å². The molecular weight excluding hydrogens is 449 g/mol. The van der Waals surface area contributed by atoms with Crippen molar-refractivity contribution < 1.29 is 4.79 Å². The number of amides is 1. The van der Waals surface area contributed by atoms with Crippen LogP contribution in [0, 0.1) is 0 Å². The standard InChI is InChI=1S/C17H29N5OS.HI/c1-4-15-20-14(12-24-15)7-9-19-17(18-6-3)21-13-8-10-22(11-13)16(23)5-2;/h12-13H,4-11H2,1-3H3,(H2,18,19,21);1H. The van der Waals surface area contributed by atoms with Gasteiger partial charge in [0.1, 0.15) is 0 Å². The number of likely N-dealkylation sites (tertiary alicyclic amines) is 1. The zero-order chi connectivity index (χ0) is 17.4. The van der Waals surface area contributed by atoms with Gasteiger partial charge < -0.3 is 15.5 Å². The monoisotopic (exact) mass is 479 g/mol. The summed E-state index contributed by atoms with van der Waals surface area (Å²) in [4.78, 5) is 22.9. The number of hydrogen-bond acceptors (Lipinski definition) is 4. The minimum absolute atomic E-state index is 0. The van der Waals surface area contributed by atoms with Gasteiger partial charge in [-0.2, -0.15) is 0 Å². The maximum atomic E-state index is 11.8. The van der Waals surface area contributed by atoms with E-state index in [1.54, 1.807) is 11.3 Å². The van der Waals surface area contributed by atoms with Crippen LogP contribution >= 0.6 is 35.3 Å². The molecule has 2 heterocycles. The number of carbonyl (C=O) groups excluding carboxylic acids is 1. The average molecular weight is 479 g/mol. The highest BCUT2D eigenvalue weighted by atomic mass is 127. The number of aromatic nitrogens is 1. The molecular formula is C17H30IN5OS. The van der Waals surface area contributed by atoms with E-state index in [1.807, 2.05) is 11.8 Å². The molecule has 0 spiro atoms. The number of rotatable bonds is 7. The third kappa shape index (κ3) is 7.08. The van der Waals surface area contributed by atoms with Crippen LogP contribution in [0.5, 0.6) is 0 Å². The normalized spacial score (nSPS) is 17.3. The van der Waals surface area contributed by atoms with Gasteiger partial charge in [-0.3, -0.25) is 9.79 Å². The molecule has 6 nitrogen and oxygen atoms in total. The van der Waals surface area contributed by atoms with E-state index in [0.29, 0.717) is 13.0 Å². The lowest BCUT2D eigenvalue weighted by Gasteiger charge is -2.18. The Labute approximate surface area is 171 Å². The van der Waals surface area contributed by atoms with E-state index < -0.39 is 0 Å². The van der Waals surface area contributed by atoms with Gasteiger partial charge in [-0.05, 0) is 19.8 Å². The number of thiazole rings is 1. The molecule has 1 fully saturated rings. The molecule has 1 saturated heterocycles. The maximum Gasteiger partial charge on any atom is 0.222 e. The van der Waals surface area contributed by atoms with Crippen molar-refractivity contribution in [1.82, 2.24) is 20.5 Å². The number of hydrogen-bond donors (Lipinski definition) is 2. The molecule has 0 aromatic carbocycles. The van der Waals surface area contributed by atoms with Gasteiger partial charge in [-0.15, -0.1) is 35.3 Å². The van der Waals surface area contributed by atoms with Crippen LogP contribution in [0.1, 0.15) is 44.3 Å². The molecule has 1 aliphatic heterocycles. The Morgan fingerprint density at radius 3 is 2.88 bits per heavy atom. The van der Waals surface area contributed by atoms with Crippen LogP contribution in [0.25, 0.3) is 0 Å². The number of aryl methyl sites for hydroxylation is 1. The van der Waals surface area contributed by atoms with Gasteiger partial charge in [0.2, 0.25) is 5.91 Å². The molecule has 1 aliphatic rings. The number of halogens is 1. The lowest BCUT2D eigenvalue weighted by molar-refractivity contribution is -0.129. The topological polar surface area (TPSA) is 69.6 Å². The predicted molar refractivity (Wildman–Crippen MR) is 115 cm³/mol. The molecule has 0 bridgehead atoms. The summed E-state index contributed by atoms with van der Waals surface area (Å²) < 4.78 is 0. The first kappa shape index (κ1) is 22.1. The lowest BCUT2D eigenvalue weighted by atomic mass is 10.3. The second-order valence-corrected chi connectivity index (χ2v) is 6.86. The Balaban J connectivity index is 0.00000312. The Bertz CT molecular complexity index is 563. The highest BCUT2D eigenvalue weighted by molar-refractivity contribution is 14.0. The summed E-state index contributed by atoms with van der Waals surface area (Å²) in [5.74, 6) is 1.07. The minimum atomic E-state index is 0. The Morgan fingerprint density at radius 2 is 2.24 bits per heavy atom. The summed E-state index contributed by atoms with van der Waals surface area (Å²) in [5, 5.41) is 10.1. The number of nitrogens with zero attached hydrogens (tertiary/aromatic N) is 3. The van der Waals surface area contributed by atoms with Crippen molar-refractivity contribution in [1.29, 1.82) is 0 Å². The fraction of sp³-hybridized carbons (Fsp3) is 0.706. The van der Waals surface area contributed by atoms with Gasteiger partial charge >= 0.3 is 0 Å². The van der Waals surface area contributed by atoms with Gasteiger partial charge in [0.15, 0.2) is 5.96 Å². The zero-order valence-electron chi connectivity index (χ0n) is 15.4. The van der Waals surface area contributed by atoms with E-state index in [0.717, 1.165) is 50.6 Å². The molecule has 1 amide bonds. The summed E-state index contributed by atoms with van der Waals surface area (Å²) in [6.07, 6.45) is 3.40. The first-order valence-electron chi connectivity index (χ1n) is 8.92. The molecule has 1 atom stereocenters. The van der Waals surface area contributed by atoms with Crippen LogP contribution in [0.2, 0.25) is 0 Å². The summed E-state index contributed by atoms with van der Waals surface area (Å²) >= 11 is 1.72. The van der Waals surface area contributed by atoms with E-state index >= 15 is 0 Å². The molecule has 2 rings (SSSR count). The van der Waals surface area contributed by atoms with Crippen molar-refractivity contribution in [3.8, 4) is 0 Å². The van der Waals surface area contributed by atoms with Crippen LogP contribution < -0.4 is 10.6 Å². The van der Waals surface area contributed by atoms with Crippen molar-refractivity contribution in [3.63, 3.8) is 0 Å². The molecule has 1 unspecified atom stereocenters. The predicted octanol–water partition coefficient (Wildman–Crippen LogP) is 2.43. The quantitative estimate of drug-likeness (QED) is 0.358. The van der Waals surface area contributed by atoms with Crippen molar-refractivity contribution in [2.75, 3.05) is 26.2 Å². The number of aliphatic imine (C=N–C) groups is 1. The van der Waals surface area contributed by atoms with E-state index in [4.69, 9.17) is 0 Å². The summed E-state index contributed by atoms with van der Waals surface area (Å²) in [6, 6.07) is 0.282. The first-order valence-corrected chi connectivity index (χ1v) is 9.80. The van der Waals surface area contributed by atoms with Gasteiger partial charge in [0.25, 0.3) is 0 Å². The number of nitrogens with one attached hydrogen (secondary N) is 2. The average Bonchev–Trinajstić information content (AvgIpc) is 3.23. The molecule has 25 heavy (non-hydrogen) atoms. The highest BCUT2D eigenvalue weighted by Gasteiger charge is 2.25. The highest BCUT2D eigenvalue weighted by Crippen LogP contribution is 2.11. The van der Waals surface area contributed by atoms with Gasteiger partial charge in [0, 0.05) is 50.4 Å². The van der Waals surface area contributed by atoms with E-state index in [-0.39, 0.29) is 35.9 Å². The number of guanidine groups is 1. The van der Waals surface area contributed by atoms with Crippen molar-refractivity contribution in [2.24, 2.45) is 4.99 Å². The molecule has 2 N–H and O–H groups in total. The molecule has 0 radical (unpaired) electrons. The van der Waals surface area contributed by atoms with Crippen molar-refractivity contribution in [3.05, 3.63) is 16.1 Å². The second-order valence-electron chi connectivity index (χ2n) is 5.92. The molecule has 1 aromatic rings. The molecule has 0 aliphatic carbocycles. The van der Waals surface area contributed by atoms with Gasteiger partial charge in [-0.25, -0.2) is 4.98 Å². The van der Waals surface area contributed by atoms with Crippen LogP contribution in [0.15, 0.2) is 10.4 Å². The third-order valence-corrected chi connectivity index (χ3v) is 5.11. The largest absolute Gasteiger partial charge is 0.357 e. The van der Waals surface area contributed by atoms with Gasteiger partial charge in [0.05, 0.1) is 10.7 Å². The van der Waals surface area contributed by atoms with E-state index in [9.17, 15) is 4.79 Å². The van der Waals surface area contributed by atoms with Crippen LogP contribution in [-0.2, 0) is 17.6 Å². The molecule has 142 valence electrons. The summed E-state index contributed by atoms with van der Waals surface area (Å²) in [5.41, 5.74) is 1.12. The third-order valence-electron chi connectivity index (χ3n) is 4.07. The lowest BCUT2D eigenvalue weighted by Crippen LogP contribution is -2.45. The van der Waals surface area contributed by atoms with Crippen molar-refractivity contribution in [2.45, 2.75) is 52.5 Å². The smallest absolute Gasteiger partial charge is 0.222 e. The summed E-state index contributed by atoms with van der Waals surface area (Å²) in [7, 11) is 0. The Hall–Kier alpha value is -0.900. The van der Waals surface area contributed by atoms with Gasteiger partial charge in [-0.1, -0.05) is 13.8 Å². The Morgan fingerprint density at radius 1 is 1.44 bits per heavy atom. The van der Waals surface area contributed by atoms with E-state index in [2.05, 4.69) is 39.8 Å². The fourth-order valence-corrected chi connectivity index (χ4v) is 3.53. The SMILES string of the molecule is CCNC(=NCCc1csc(CC)n1)NC1CCN(C(=O)CC)C1.I. The Kier molecular flexibility index (Phi) is 10.3. The van der Waals surface area contributed by atoms with Crippen LogP contribution in [0.3, 0.4) is 0 Å². The maximum absolute atomic E-state index is 11.8. The van der Waals surface area contributed by atoms with Crippen LogP contribution in [0.4, 0.5) is 0 Å². The molecule has 0 saturated carbocycles. The minimum Gasteiger partial charge on any atom is -0.357 e. The molecule has 8 heteroatoms. The first-order chi connectivity index (χ1) is 11.7.